The zero-order valence-corrected chi connectivity index (χ0v) is 24.1. The molecule has 1 amide bonds. The Bertz CT molecular complexity index is 2180. The predicted octanol–water partition coefficient (Wildman–Crippen LogP) is 5.93. The lowest BCUT2D eigenvalue weighted by atomic mass is 10.2. The Hall–Kier alpha value is -6.30. The van der Waals surface area contributed by atoms with Crippen LogP contribution in [0.1, 0.15) is 11.1 Å². The summed E-state index contributed by atoms with van der Waals surface area (Å²) >= 11 is 0. The highest BCUT2D eigenvalue weighted by molar-refractivity contribution is 5.93. The minimum atomic E-state index is -0.566. The summed E-state index contributed by atoms with van der Waals surface area (Å²) in [5.74, 6) is 0.631. The third kappa shape index (κ3) is 5.84. The fourth-order valence-electron chi connectivity index (χ4n) is 4.76. The Morgan fingerprint density at radius 1 is 1.02 bits per heavy atom. The average Bonchev–Trinajstić information content (AvgIpc) is 3.49. The smallest absolute Gasteiger partial charge is 0.282 e. The topological polar surface area (TPSA) is 151 Å². The fourth-order valence-corrected chi connectivity index (χ4v) is 4.76. The second-order valence-corrected chi connectivity index (χ2v) is 9.93. The highest BCUT2D eigenvalue weighted by Gasteiger charge is 2.19. The second-order valence-electron chi connectivity index (χ2n) is 9.93. The zero-order chi connectivity index (χ0) is 31.5. The molecule has 2 aromatic heterocycles. The molecule has 0 bridgehead atoms. The second kappa shape index (κ2) is 12.1. The molecule has 0 saturated carbocycles. The number of ether oxygens (including phenoxy) is 2. The number of carbonyl (C=O) groups excluding carboxylic acids is 1. The number of aryl methyl sites for hydroxylation is 1. The number of non-ortho nitro benzene ring substituents is 1. The number of nitrogens with zero attached hydrogens (tertiary/aromatic N) is 4. The van der Waals surface area contributed by atoms with Crippen molar-refractivity contribution in [1.82, 2.24) is 9.66 Å². The van der Waals surface area contributed by atoms with Gasteiger partial charge in [0.1, 0.15) is 17.1 Å². The molecule has 2 heterocycles. The molecule has 224 valence electrons. The molecular weight excluding hydrogens is 578 g/mol. The lowest BCUT2D eigenvalue weighted by Gasteiger charge is -2.11. The van der Waals surface area contributed by atoms with Gasteiger partial charge in [0, 0.05) is 23.4 Å². The Kier molecular flexibility index (Phi) is 7.76. The highest BCUT2D eigenvalue weighted by atomic mass is 16.6. The van der Waals surface area contributed by atoms with E-state index in [4.69, 9.17) is 13.9 Å². The van der Waals surface area contributed by atoms with Crippen molar-refractivity contribution in [3.8, 4) is 23.1 Å². The van der Waals surface area contributed by atoms with Crippen molar-refractivity contribution in [2.75, 3.05) is 19.0 Å². The highest BCUT2D eigenvalue weighted by Crippen LogP contribution is 2.33. The minimum Gasteiger partial charge on any atom is -0.496 e. The number of hydrogen-bond donors (Lipinski definition) is 1. The van der Waals surface area contributed by atoms with Gasteiger partial charge in [-0.15, -0.1) is 0 Å². The molecule has 12 heteroatoms. The number of aromatic nitrogens is 2. The van der Waals surface area contributed by atoms with Crippen LogP contribution >= 0.6 is 0 Å². The number of nitro groups is 1. The minimum absolute atomic E-state index is 0.0960. The molecule has 0 aliphatic heterocycles. The van der Waals surface area contributed by atoms with Gasteiger partial charge in [-0.05, 0) is 55.0 Å². The zero-order valence-electron chi connectivity index (χ0n) is 24.1. The number of anilines is 1. The molecule has 12 nitrogen and oxygen atoms in total. The van der Waals surface area contributed by atoms with Crippen LogP contribution in [0.3, 0.4) is 0 Å². The van der Waals surface area contributed by atoms with E-state index in [1.165, 1.54) is 24.4 Å². The number of methoxy groups -OCH3 is 1. The maximum absolute atomic E-state index is 13.7. The number of nitrogens with one attached hydrogen (secondary N) is 1. The number of para-hydroxylation sites is 2. The molecular formula is C33H25N5O7. The van der Waals surface area contributed by atoms with Crippen LogP contribution in [-0.4, -0.2) is 40.4 Å². The lowest BCUT2D eigenvalue weighted by Crippen LogP contribution is -2.21. The van der Waals surface area contributed by atoms with Crippen molar-refractivity contribution in [1.29, 1.82) is 0 Å². The number of nitro benzene ring substituents is 1. The molecule has 6 rings (SSSR count). The number of carbonyl (C=O) groups is 1. The van der Waals surface area contributed by atoms with Crippen molar-refractivity contribution in [3.05, 3.63) is 123 Å². The predicted molar refractivity (Wildman–Crippen MR) is 169 cm³/mol. The van der Waals surface area contributed by atoms with E-state index in [9.17, 15) is 19.7 Å². The van der Waals surface area contributed by atoms with Crippen molar-refractivity contribution in [2.45, 2.75) is 6.92 Å². The molecule has 6 aromatic rings. The number of hydrogen-bond acceptors (Lipinski definition) is 9. The number of benzene rings is 4. The van der Waals surface area contributed by atoms with E-state index >= 15 is 0 Å². The number of fused-ring (bicyclic) bond motifs is 2. The van der Waals surface area contributed by atoms with Crippen LogP contribution in [-0.2, 0) is 4.79 Å². The van der Waals surface area contributed by atoms with Gasteiger partial charge < -0.3 is 19.2 Å². The van der Waals surface area contributed by atoms with Crippen LogP contribution in [0.15, 0.2) is 105 Å². The van der Waals surface area contributed by atoms with Gasteiger partial charge in [0.15, 0.2) is 12.4 Å². The first kappa shape index (κ1) is 28.8. The molecule has 0 saturated heterocycles. The number of rotatable bonds is 9. The Balaban J connectivity index is 1.40. The van der Waals surface area contributed by atoms with Gasteiger partial charge in [0.2, 0.25) is 5.82 Å². The van der Waals surface area contributed by atoms with Gasteiger partial charge in [-0.2, -0.15) is 9.78 Å². The van der Waals surface area contributed by atoms with Gasteiger partial charge in [0.25, 0.3) is 17.2 Å². The Morgan fingerprint density at radius 2 is 1.82 bits per heavy atom. The number of amides is 1. The van der Waals surface area contributed by atoms with E-state index < -0.39 is 16.4 Å². The third-order valence-corrected chi connectivity index (χ3v) is 7.01. The molecule has 0 radical (unpaired) electrons. The van der Waals surface area contributed by atoms with Crippen LogP contribution in [0.4, 0.5) is 11.4 Å². The Morgan fingerprint density at radius 3 is 2.62 bits per heavy atom. The number of furan rings is 1. The summed E-state index contributed by atoms with van der Waals surface area (Å²) in [5, 5.41) is 19.7. The van der Waals surface area contributed by atoms with Crippen LogP contribution < -0.4 is 20.3 Å². The molecule has 0 aliphatic rings. The summed E-state index contributed by atoms with van der Waals surface area (Å²) in [6, 6.07) is 25.0. The Labute approximate surface area is 255 Å². The monoisotopic (exact) mass is 603 g/mol. The quantitative estimate of drug-likeness (QED) is 0.121. The summed E-state index contributed by atoms with van der Waals surface area (Å²) < 4.78 is 18.3. The van der Waals surface area contributed by atoms with Crippen molar-refractivity contribution in [2.24, 2.45) is 5.10 Å². The summed E-state index contributed by atoms with van der Waals surface area (Å²) in [6.45, 7) is 1.48. The first-order valence-corrected chi connectivity index (χ1v) is 13.7. The molecule has 0 fully saturated rings. The van der Waals surface area contributed by atoms with Gasteiger partial charge in [-0.25, -0.2) is 4.98 Å². The molecule has 0 spiro atoms. The van der Waals surface area contributed by atoms with Crippen LogP contribution in [0.5, 0.6) is 11.5 Å². The maximum Gasteiger partial charge on any atom is 0.282 e. The molecule has 4 aromatic carbocycles. The molecule has 0 unspecified atom stereocenters. The van der Waals surface area contributed by atoms with Crippen LogP contribution in [0, 0.1) is 17.0 Å². The molecule has 1 N–H and O–H groups in total. The van der Waals surface area contributed by atoms with E-state index in [0.717, 1.165) is 10.2 Å². The maximum atomic E-state index is 13.7. The van der Waals surface area contributed by atoms with E-state index in [1.54, 1.807) is 67.8 Å². The van der Waals surface area contributed by atoms with Gasteiger partial charge in [0.05, 0.1) is 34.5 Å². The van der Waals surface area contributed by atoms with E-state index in [0.29, 0.717) is 33.3 Å². The normalized spacial score (nSPS) is 11.2. The van der Waals surface area contributed by atoms with Gasteiger partial charge >= 0.3 is 0 Å². The first-order chi connectivity index (χ1) is 21.8. The standard InChI is InChI=1S/C33H25N5O7/c1-20-8-3-5-10-25(20)35-31(39)19-44-27-15-14-22(38(41)42)16-21(27)18-34-37-32(36-26-11-6-4-9-23(26)33(37)40)30-17-24-28(43-2)12-7-13-29(24)45-30/h3-18H,19H2,1-2H3,(H,35,39). The summed E-state index contributed by atoms with van der Waals surface area (Å²) in [4.78, 5) is 42.0. The molecule has 0 aliphatic carbocycles. The van der Waals surface area contributed by atoms with E-state index in [1.807, 2.05) is 19.1 Å². The van der Waals surface area contributed by atoms with Crippen LogP contribution in [0.25, 0.3) is 33.5 Å². The summed E-state index contributed by atoms with van der Waals surface area (Å²) in [6.07, 6.45) is 1.24. The molecule has 0 atom stereocenters. The van der Waals surface area contributed by atoms with E-state index in [2.05, 4.69) is 15.4 Å². The third-order valence-electron chi connectivity index (χ3n) is 7.01. The van der Waals surface area contributed by atoms with Crippen molar-refractivity contribution >= 4 is 45.4 Å². The summed E-state index contributed by atoms with van der Waals surface area (Å²) in [5.41, 5.74) is 1.88. The lowest BCUT2D eigenvalue weighted by molar-refractivity contribution is -0.384. The van der Waals surface area contributed by atoms with E-state index in [-0.39, 0.29) is 35.2 Å². The van der Waals surface area contributed by atoms with Crippen LogP contribution in [0.2, 0.25) is 0 Å². The SMILES string of the molecule is COc1cccc2oc(-c3nc4ccccc4c(=O)n3N=Cc3cc([N+](=O)[O-])ccc3OCC(=O)Nc3ccccc3C)cc12. The fraction of sp³-hybridized carbons (Fsp3) is 0.0909. The van der Waals surface area contributed by atoms with Gasteiger partial charge in [-0.3, -0.25) is 19.7 Å². The average molecular weight is 604 g/mol. The van der Waals surface area contributed by atoms with Gasteiger partial charge in [-0.1, -0.05) is 36.4 Å². The molecule has 45 heavy (non-hydrogen) atoms. The largest absolute Gasteiger partial charge is 0.496 e. The van der Waals surface area contributed by atoms with Crippen molar-refractivity contribution < 1.29 is 23.6 Å². The first-order valence-electron chi connectivity index (χ1n) is 13.7. The van der Waals surface area contributed by atoms with Crippen molar-refractivity contribution in [3.63, 3.8) is 0 Å². The summed E-state index contributed by atoms with van der Waals surface area (Å²) in [7, 11) is 1.54.